The molecule has 0 spiro atoms. The van der Waals surface area contributed by atoms with Crippen molar-refractivity contribution < 1.29 is 19.1 Å². The lowest BCUT2D eigenvalue weighted by atomic mass is 10.2. The minimum absolute atomic E-state index is 0.0564. The van der Waals surface area contributed by atoms with E-state index in [2.05, 4.69) is 6.58 Å². The highest BCUT2D eigenvalue weighted by Crippen LogP contribution is 2.00. The van der Waals surface area contributed by atoms with Crippen LogP contribution in [0.15, 0.2) is 36.0 Å². The van der Waals surface area contributed by atoms with Crippen LogP contribution in [0.3, 0.4) is 0 Å². The van der Waals surface area contributed by atoms with Gasteiger partial charge in [-0.1, -0.05) is 18.2 Å². The first-order valence-corrected chi connectivity index (χ1v) is 5.77. The van der Waals surface area contributed by atoms with Gasteiger partial charge >= 0.3 is 11.9 Å². The van der Waals surface area contributed by atoms with E-state index in [-0.39, 0.29) is 13.2 Å². The second-order valence-electron chi connectivity index (χ2n) is 3.66. The largest absolute Gasteiger partial charge is 0.459 e. The fraction of sp³-hybridized carbons (Fsp3) is 0.429. The lowest BCUT2D eigenvalue weighted by molar-refractivity contribution is -0.147. The Hall–Kier alpha value is -1.84. The van der Waals surface area contributed by atoms with Crippen LogP contribution in [-0.2, 0) is 19.1 Å². The summed E-state index contributed by atoms with van der Waals surface area (Å²) < 4.78 is 9.81. The van der Waals surface area contributed by atoms with Crippen molar-refractivity contribution in [3.63, 3.8) is 0 Å². The second kappa shape index (κ2) is 9.22. The first-order chi connectivity index (χ1) is 8.52. The number of allylic oxidation sites excluding steroid dienone is 3. The van der Waals surface area contributed by atoms with Crippen LogP contribution in [0.1, 0.15) is 27.2 Å². The average Bonchev–Trinajstić information content (AvgIpc) is 2.39. The molecule has 0 saturated carbocycles. The molecular formula is C14H20O4. The molecule has 0 aromatic carbocycles. The predicted molar refractivity (Wildman–Crippen MR) is 69.9 cm³/mol. The van der Waals surface area contributed by atoms with Gasteiger partial charge in [-0.3, -0.25) is 0 Å². The zero-order chi connectivity index (χ0) is 14.0. The number of ether oxygens (including phenoxy) is 2. The van der Waals surface area contributed by atoms with Crippen LogP contribution in [0.25, 0.3) is 0 Å². The third-order valence-electron chi connectivity index (χ3n) is 2.22. The van der Waals surface area contributed by atoms with Gasteiger partial charge in [0.15, 0.2) is 0 Å². The van der Waals surface area contributed by atoms with Crippen molar-refractivity contribution in [2.45, 2.75) is 27.2 Å². The van der Waals surface area contributed by atoms with E-state index >= 15 is 0 Å². The lowest BCUT2D eigenvalue weighted by Gasteiger charge is -2.06. The number of carbonyl (C=O) groups is 2. The first kappa shape index (κ1) is 16.2. The molecule has 0 N–H and O–H groups in total. The molecule has 0 unspecified atom stereocenters. The quantitative estimate of drug-likeness (QED) is 0.302. The Morgan fingerprint density at radius 3 is 2.00 bits per heavy atom. The molecule has 0 radical (unpaired) electrons. The van der Waals surface area contributed by atoms with Gasteiger partial charge in [0.2, 0.25) is 0 Å². The lowest BCUT2D eigenvalue weighted by Crippen LogP contribution is -2.14. The van der Waals surface area contributed by atoms with Crippen molar-refractivity contribution in [1.82, 2.24) is 0 Å². The summed E-state index contributed by atoms with van der Waals surface area (Å²) in [5.74, 6) is -0.803. The molecule has 0 fully saturated rings. The highest BCUT2D eigenvalue weighted by atomic mass is 16.6. The van der Waals surface area contributed by atoms with Crippen molar-refractivity contribution >= 4 is 11.9 Å². The Labute approximate surface area is 108 Å². The molecule has 0 amide bonds. The summed E-state index contributed by atoms with van der Waals surface area (Å²) in [6.07, 6.45) is 5.71. The van der Waals surface area contributed by atoms with Crippen molar-refractivity contribution in [1.29, 1.82) is 0 Å². The zero-order valence-electron chi connectivity index (χ0n) is 11.2. The van der Waals surface area contributed by atoms with E-state index in [1.165, 1.54) is 0 Å². The predicted octanol–water partition coefficient (Wildman–Crippen LogP) is 2.56. The molecule has 0 atom stereocenters. The van der Waals surface area contributed by atoms with Crippen LogP contribution in [0.4, 0.5) is 0 Å². The van der Waals surface area contributed by atoms with E-state index in [0.29, 0.717) is 17.6 Å². The summed E-state index contributed by atoms with van der Waals surface area (Å²) in [6.45, 7) is 8.75. The maximum Gasteiger partial charge on any atom is 0.333 e. The Morgan fingerprint density at radius 1 is 1.06 bits per heavy atom. The van der Waals surface area contributed by atoms with Gasteiger partial charge in [0.05, 0.1) is 0 Å². The molecule has 0 aromatic rings. The Balaban J connectivity index is 3.89. The van der Waals surface area contributed by atoms with E-state index in [1.807, 2.05) is 0 Å². The van der Waals surface area contributed by atoms with E-state index in [4.69, 9.17) is 9.47 Å². The molecule has 0 aliphatic rings. The molecule has 0 saturated heterocycles. The molecule has 100 valence electrons. The molecule has 0 rings (SSSR count). The molecule has 0 bridgehead atoms. The summed E-state index contributed by atoms with van der Waals surface area (Å²) >= 11 is 0. The summed E-state index contributed by atoms with van der Waals surface area (Å²) in [6, 6.07) is 0. The standard InChI is InChI=1S/C14H20O4/c1-5-7-8-12(4)14(16)18-10-9-17-13(15)11(3)6-2/h5-6,8H,1,7,9-10H2,2-4H3. The van der Waals surface area contributed by atoms with Crippen LogP contribution >= 0.6 is 0 Å². The van der Waals surface area contributed by atoms with Gasteiger partial charge in [-0.05, 0) is 27.2 Å². The van der Waals surface area contributed by atoms with E-state index in [9.17, 15) is 9.59 Å². The van der Waals surface area contributed by atoms with Crippen LogP contribution in [0.5, 0.6) is 0 Å². The summed E-state index contributed by atoms with van der Waals surface area (Å²) in [7, 11) is 0. The van der Waals surface area contributed by atoms with Crippen molar-refractivity contribution in [2.75, 3.05) is 13.2 Å². The topological polar surface area (TPSA) is 52.6 Å². The van der Waals surface area contributed by atoms with Gasteiger partial charge in [0.1, 0.15) is 13.2 Å². The minimum Gasteiger partial charge on any atom is -0.459 e. The molecule has 0 heterocycles. The van der Waals surface area contributed by atoms with Crippen LogP contribution in [0.2, 0.25) is 0 Å². The molecule has 18 heavy (non-hydrogen) atoms. The summed E-state index contributed by atoms with van der Waals surface area (Å²) in [5.41, 5.74) is 1.05. The van der Waals surface area contributed by atoms with Gasteiger partial charge in [0.25, 0.3) is 0 Å². The minimum atomic E-state index is -0.407. The normalized spacial score (nSPS) is 11.9. The maximum atomic E-state index is 11.4. The highest BCUT2D eigenvalue weighted by molar-refractivity contribution is 5.88. The molecule has 0 aromatic heterocycles. The third-order valence-corrected chi connectivity index (χ3v) is 2.22. The average molecular weight is 252 g/mol. The van der Waals surface area contributed by atoms with E-state index in [0.717, 1.165) is 0 Å². The number of esters is 2. The van der Waals surface area contributed by atoms with Crippen LogP contribution < -0.4 is 0 Å². The van der Waals surface area contributed by atoms with Gasteiger partial charge in [-0.2, -0.15) is 0 Å². The van der Waals surface area contributed by atoms with Crippen molar-refractivity contribution in [2.24, 2.45) is 0 Å². The number of hydrogen-bond donors (Lipinski definition) is 0. The Kier molecular flexibility index (Phi) is 8.27. The van der Waals surface area contributed by atoms with Gasteiger partial charge < -0.3 is 9.47 Å². The number of rotatable bonds is 7. The smallest absolute Gasteiger partial charge is 0.333 e. The molecule has 4 nitrogen and oxygen atoms in total. The monoisotopic (exact) mass is 252 g/mol. The maximum absolute atomic E-state index is 11.4. The van der Waals surface area contributed by atoms with E-state index < -0.39 is 11.9 Å². The molecule has 0 aliphatic carbocycles. The number of hydrogen-bond acceptors (Lipinski definition) is 4. The van der Waals surface area contributed by atoms with Crippen molar-refractivity contribution in [3.05, 3.63) is 36.0 Å². The fourth-order valence-corrected chi connectivity index (χ4v) is 0.958. The highest BCUT2D eigenvalue weighted by Gasteiger charge is 2.07. The third kappa shape index (κ3) is 6.68. The Morgan fingerprint density at radius 2 is 1.56 bits per heavy atom. The first-order valence-electron chi connectivity index (χ1n) is 5.77. The van der Waals surface area contributed by atoms with Gasteiger partial charge in [-0.15, -0.1) is 6.58 Å². The zero-order valence-corrected chi connectivity index (χ0v) is 11.2. The molecular weight excluding hydrogens is 232 g/mol. The molecule has 4 heteroatoms. The van der Waals surface area contributed by atoms with Gasteiger partial charge in [0, 0.05) is 11.1 Å². The Bertz CT molecular complexity index is 364. The summed E-state index contributed by atoms with van der Waals surface area (Å²) in [5, 5.41) is 0. The van der Waals surface area contributed by atoms with E-state index in [1.54, 1.807) is 39.0 Å². The van der Waals surface area contributed by atoms with Crippen LogP contribution in [0, 0.1) is 0 Å². The summed E-state index contributed by atoms with van der Waals surface area (Å²) in [4.78, 5) is 22.6. The SMILES string of the molecule is C=CCC=C(C)C(=O)OCCOC(=O)C(C)=CC. The fourth-order valence-electron chi connectivity index (χ4n) is 0.958. The van der Waals surface area contributed by atoms with Gasteiger partial charge in [-0.25, -0.2) is 9.59 Å². The molecule has 0 aliphatic heterocycles. The van der Waals surface area contributed by atoms with Crippen LogP contribution in [-0.4, -0.2) is 25.2 Å². The second-order valence-corrected chi connectivity index (χ2v) is 3.66. The number of carbonyl (C=O) groups excluding carboxylic acids is 2. The van der Waals surface area contributed by atoms with Crippen molar-refractivity contribution in [3.8, 4) is 0 Å².